The van der Waals surface area contributed by atoms with Crippen LogP contribution < -0.4 is 10.1 Å². The van der Waals surface area contributed by atoms with Crippen molar-refractivity contribution in [3.05, 3.63) is 24.5 Å². The smallest absolute Gasteiger partial charge is 0.221 e. The van der Waals surface area contributed by atoms with Crippen molar-refractivity contribution in [3.8, 4) is 11.4 Å². The SMILES string of the molecule is COc1cc(-n2cnnn2)ccc1NC(C)=O. The molecule has 0 aliphatic heterocycles. The molecule has 1 N–H and O–H groups in total. The summed E-state index contributed by atoms with van der Waals surface area (Å²) >= 11 is 0. The van der Waals surface area contributed by atoms with Gasteiger partial charge in [0.15, 0.2) is 0 Å². The second kappa shape index (κ2) is 4.60. The summed E-state index contributed by atoms with van der Waals surface area (Å²) in [7, 11) is 1.53. The summed E-state index contributed by atoms with van der Waals surface area (Å²) in [5.74, 6) is 0.395. The molecule has 2 aromatic rings. The van der Waals surface area contributed by atoms with Crippen LogP contribution in [0.4, 0.5) is 5.69 Å². The van der Waals surface area contributed by atoms with Gasteiger partial charge >= 0.3 is 0 Å². The molecule has 0 bridgehead atoms. The predicted molar refractivity (Wildman–Crippen MR) is 60.0 cm³/mol. The highest BCUT2D eigenvalue weighted by molar-refractivity contribution is 5.90. The van der Waals surface area contributed by atoms with Gasteiger partial charge in [-0.15, -0.1) is 5.10 Å². The van der Waals surface area contributed by atoms with Crippen LogP contribution in [0.5, 0.6) is 5.75 Å². The van der Waals surface area contributed by atoms with Gasteiger partial charge in [-0.1, -0.05) is 0 Å². The third-order valence-corrected chi connectivity index (χ3v) is 2.11. The molecule has 88 valence electrons. The average molecular weight is 233 g/mol. The molecule has 1 aromatic carbocycles. The zero-order valence-corrected chi connectivity index (χ0v) is 9.41. The fourth-order valence-electron chi connectivity index (χ4n) is 1.39. The maximum Gasteiger partial charge on any atom is 0.221 e. The van der Waals surface area contributed by atoms with Crippen LogP contribution in [0.2, 0.25) is 0 Å². The van der Waals surface area contributed by atoms with Crippen molar-refractivity contribution in [2.75, 3.05) is 12.4 Å². The van der Waals surface area contributed by atoms with Crippen molar-refractivity contribution in [2.45, 2.75) is 6.92 Å². The molecular formula is C10H11N5O2. The molecule has 7 nitrogen and oxygen atoms in total. The Morgan fingerprint density at radius 1 is 1.47 bits per heavy atom. The van der Waals surface area contributed by atoms with Gasteiger partial charge in [-0.2, -0.15) is 0 Å². The lowest BCUT2D eigenvalue weighted by Crippen LogP contribution is -2.07. The second-order valence-electron chi connectivity index (χ2n) is 3.32. The van der Waals surface area contributed by atoms with E-state index in [4.69, 9.17) is 4.74 Å². The molecule has 0 saturated heterocycles. The van der Waals surface area contributed by atoms with E-state index in [0.717, 1.165) is 5.69 Å². The first-order valence-corrected chi connectivity index (χ1v) is 4.89. The molecule has 1 amide bonds. The predicted octanol–water partition coefficient (Wildman–Crippen LogP) is 0.629. The Labute approximate surface area is 97.4 Å². The van der Waals surface area contributed by atoms with Crippen LogP contribution in [0.3, 0.4) is 0 Å². The Kier molecular flexibility index (Phi) is 2.99. The van der Waals surface area contributed by atoms with E-state index >= 15 is 0 Å². The molecule has 0 saturated carbocycles. The van der Waals surface area contributed by atoms with E-state index in [-0.39, 0.29) is 5.91 Å². The third-order valence-electron chi connectivity index (χ3n) is 2.11. The van der Waals surface area contributed by atoms with Crippen LogP contribution in [-0.4, -0.2) is 33.2 Å². The van der Waals surface area contributed by atoms with Crippen LogP contribution in [0.15, 0.2) is 24.5 Å². The van der Waals surface area contributed by atoms with Gasteiger partial charge in [0.25, 0.3) is 0 Å². The van der Waals surface area contributed by atoms with Crippen molar-refractivity contribution in [1.82, 2.24) is 20.2 Å². The third kappa shape index (κ3) is 2.39. The molecule has 2 rings (SSSR count). The number of hydrogen-bond acceptors (Lipinski definition) is 5. The highest BCUT2D eigenvalue weighted by atomic mass is 16.5. The van der Waals surface area contributed by atoms with Crippen LogP contribution >= 0.6 is 0 Å². The number of nitrogens with zero attached hydrogens (tertiary/aromatic N) is 4. The van der Waals surface area contributed by atoms with Crippen LogP contribution in [-0.2, 0) is 4.79 Å². The number of aromatic nitrogens is 4. The molecule has 0 fully saturated rings. The molecule has 0 radical (unpaired) electrons. The van der Waals surface area contributed by atoms with E-state index in [2.05, 4.69) is 20.8 Å². The Hall–Kier alpha value is -2.44. The largest absolute Gasteiger partial charge is 0.494 e. The first-order valence-electron chi connectivity index (χ1n) is 4.89. The number of nitrogens with one attached hydrogen (secondary N) is 1. The highest BCUT2D eigenvalue weighted by Crippen LogP contribution is 2.26. The maximum atomic E-state index is 11.0. The number of amides is 1. The standard InChI is InChI=1S/C10H11N5O2/c1-7(16)12-9-4-3-8(5-10(9)17-2)15-6-11-13-14-15/h3-6H,1-2H3,(H,12,16). The number of ether oxygens (including phenoxy) is 1. The molecule has 0 aliphatic rings. The van der Waals surface area contributed by atoms with E-state index in [1.807, 2.05) is 0 Å². The zero-order valence-electron chi connectivity index (χ0n) is 9.41. The molecule has 7 heteroatoms. The summed E-state index contributed by atoms with van der Waals surface area (Å²) in [6, 6.07) is 5.25. The molecular weight excluding hydrogens is 222 g/mol. The van der Waals surface area contributed by atoms with Crippen molar-refractivity contribution in [3.63, 3.8) is 0 Å². The van der Waals surface area contributed by atoms with Gasteiger partial charge in [0.2, 0.25) is 5.91 Å². The average Bonchev–Trinajstić information content (AvgIpc) is 2.82. The Bertz CT molecular complexity index is 523. The fraction of sp³-hybridized carbons (Fsp3) is 0.200. The molecule has 1 aromatic heterocycles. The minimum absolute atomic E-state index is 0.154. The van der Waals surface area contributed by atoms with Crippen LogP contribution in [0.25, 0.3) is 5.69 Å². The van der Waals surface area contributed by atoms with Gasteiger partial charge in [-0.25, -0.2) is 4.68 Å². The lowest BCUT2D eigenvalue weighted by atomic mass is 10.2. The number of anilines is 1. The van der Waals surface area contributed by atoms with E-state index in [0.29, 0.717) is 11.4 Å². The van der Waals surface area contributed by atoms with E-state index in [9.17, 15) is 4.79 Å². The molecule has 0 atom stereocenters. The number of methoxy groups -OCH3 is 1. The normalized spacial score (nSPS) is 10.0. The zero-order chi connectivity index (χ0) is 12.3. The molecule has 1 heterocycles. The Morgan fingerprint density at radius 2 is 2.29 bits per heavy atom. The number of rotatable bonds is 3. The van der Waals surface area contributed by atoms with Crippen LogP contribution in [0, 0.1) is 0 Å². The lowest BCUT2D eigenvalue weighted by Gasteiger charge is -2.10. The van der Waals surface area contributed by atoms with Gasteiger partial charge in [-0.3, -0.25) is 4.79 Å². The number of carbonyl (C=O) groups is 1. The monoisotopic (exact) mass is 233 g/mol. The highest BCUT2D eigenvalue weighted by Gasteiger charge is 2.07. The van der Waals surface area contributed by atoms with Crippen molar-refractivity contribution < 1.29 is 9.53 Å². The van der Waals surface area contributed by atoms with Gasteiger partial charge in [-0.05, 0) is 22.6 Å². The van der Waals surface area contributed by atoms with Crippen molar-refractivity contribution >= 4 is 11.6 Å². The summed E-state index contributed by atoms with van der Waals surface area (Å²) < 4.78 is 6.69. The van der Waals surface area contributed by atoms with E-state index in [1.54, 1.807) is 18.2 Å². The second-order valence-corrected chi connectivity index (χ2v) is 3.32. The summed E-state index contributed by atoms with van der Waals surface area (Å²) in [5.41, 5.74) is 1.36. The van der Waals surface area contributed by atoms with E-state index in [1.165, 1.54) is 25.0 Å². The quantitative estimate of drug-likeness (QED) is 0.840. The Balaban J connectivity index is 2.37. The summed E-state index contributed by atoms with van der Waals surface area (Å²) in [5, 5.41) is 13.5. The molecule has 0 unspecified atom stereocenters. The maximum absolute atomic E-state index is 11.0. The van der Waals surface area contributed by atoms with E-state index < -0.39 is 0 Å². The van der Waals surface area contributed by atoms with Crippen molar-refractivity contribution in [1.29, 1.82) is 0 Å². The first-order chi connectivity index (χ1) is 8.20. The first kappa shape index (κ1) is 11.1. The number of tetrazole rings is 1. The van der Waals surface area contributed by atoms with Gasteiger partial charge < -0.3 is 10.1 Å². The molecule has 0 aliphatic carbocycles. The fourth-order valence-corrected chi connectivity index (χ4v) is 1.39. The van der Waals surface area contributed by atoms with Gasteiger partial charge in [0, 0.05) is 13.0 Å². The summed E-state index contributed by atoms with van der Waals surface area (Å²) in [6.07, 6.45) is 1.48. The number of benzene rings is 1. The molecule has 17 heavy (non-hydrogen) atoms. The van der Waals surface area contributed by atoms with Gasteiger partial charge in [0.05, 0.1) is 18.5 Å². The minimum atomic E-state index is -0.154. The lowest BCUT2D eigenvalue weighted by molar-refractivity contribution is -0.114. The van der Waals surface area contributed by atoms with Gasteiger partial charge in [0.1, 0.15) is 12.1 Å². The number of hydrogen-bond donors (Lipinski definition) is 1. The van der Waals surface area contributed by atoms with Crippen molar-refractivity contribution in [2.24, 2.45) is 0 Å². The number of carbonyl (C=O) groups excluding carboxylic acids is 1. The molecule has 0 spiro atoms. The topological polar surface area (TPSA) is 81.9 Å². The minimum Gasteiger partial charge on any atom is -0.494 e. The summed E-state index contributed by atoms with van der Waals surface area (Å²) in [4.78, 5) is 11.0. The Morgan fingerprint density at radius 3 is 2.88 bits per heavy atom. The van der Waals surface area contributed by atoms with Crippen LogP contribution in [0.1, 0.15) is 6.92 Å². The summed E-state index contributed by atoms with van der Waals surface area (Å²) in [6.45, 7) is 1.44.